The predicted molar refractivity (Wildman–Crippen MR) is 138 cm³/mol. The van der Waals surface area contributed by atoms with Gasteiger partial charge < -0.3 is 24.1 Å². The number of fused-ring (bicyclic) bond motifs is 2. The van der Waals surface area contributed by atoms with Crippen LogP contribution in [-0.4, -0.2) is 38.2 Å². The SMILES string of the molecule is C[C@H](Oc1cc(-n2nc(C(F)(F)F)c3c2[C@@H](O[C@H]2CC[C@H](C(=O)O)CC2)CCC3)ccn1)c1ccc2c(c1)OC(F)(F)O2. The second-order valence-corrected chi connectivity index (χ2v) is 10.9. The Morgan fingerprint density at radius 2 is 1.84 bits per heavy atom. The lowest BCUT2D eigenvalue weighted by molar-refractivity contribution is -0.286. The minimum atomic E-state index is -4.69. The van der Waals surface area contributed by atoms with E-state index >= 15 is 0 Å². The van der Waals surface area contributed by atoms with Crippen LogP contribution in [0.25, 0.3) is 5.69 Å². The maximum Gasteiger partial charge on any atom is 0.586 e. The lowest BCUT2D eigenvalue weighted by Gasteiger charge is -2.32. The average molecular weight is 610 g/mol. The summed E-state index contributed by atoms with van der Waals surface area (Å²) in [4.78, 5) is 15.5. The number of ether oxygens (including phenoxy) is 4. The molecule has 2 atom stereocenters. The van der Waals surface area contributed by atoms with E-state index in [1.807, 2.05) is 0 Å². The standard InChI is InChI=1S/C29H28F5N3O6/c1-15(17-7-10-21-23(13-17)43-29(33,34)42-21)40-24-14-18(11-12-35-24)37-25-20(26(36-37)28(30,31)32)3-2-4-22(25)41-19-8-5-16(6-9-19)27(38)39/h7,10-16,19,22H,2-6,8-9H2,1H3,(H,38,39)/t15-,16-,19-,22-/m0/s1. The fourth-order valence-corrected chi connectivity index (χ4v) is 5.94. The van der Waals surface area contributed by atoms with E-state index in [1.165, 1.54) is 41.2 Å². The van der Waals surface area contributed by atoms with Crippen molar-refractivity contribution in [1.82, 2.24) is 14.8 Å². The van der Waals surface area contributed by atoms with Gasteiger partial charge in [0.25, 0.3) is 0 Å². The summed E-state index contributed by atoms with van der Waals surface area (Å²) in [7, 11) is 0. The quantitative estimate of drug-likeness (QED) is 0.292. The zero-order valence-corrected chi connectivity index (χ0v) is 22.9. The maximum absolute atomic E-state index is 14.1. The Labute approximate surface area is 242 Å². The number of aromatic nitrogens is 3. The van der Waals surface area contributed by atoms with Gasteiger partial charge in [0.15, 0.2) is 17.2 Å². The number of carbonyl (C=O) groups is 1. The van der Waals surface area contributed by atoms with Crippen molar-refractivity contribution in [2.45, 2.75) is 82.7 Å². The van der Waals surface area contributed by atoms with Crippen molar-refractivity contribution in [1.29, 1.82) is 0 Å². The number of carboxylic acid groups (broad SMARTS) is 1. The lowest BCUT2D eigenvalue weighted by Crippen LogP contribution is -2.29. The topological polar surface area (TPSA) is 105 Å². The van der Waals surface area contributed by atoms with Gasteiger partial charge in [0.05, 0.1) is 23.4 Å². The molecule has 3 aromatic rings. The molecule has 0 spiro atoms. The van der Waals surface area contributed by atoms with Crippen molar-refractivity contribution in [3.63, 3.8) is 0 Å². The zero-order valence-electron chi connectivity index (χ0n) is 22.9. The van der Waals surface area contributed by atoms with Crippen molar-refractivity contribution >= 4 is 5.97 Å². The summed E-state index contributed by atoms with van der Waals surface area (Å²) in [6.07, 6.45) is -5.64. The number of nitrogens with zero attached hydrogens (tertiary/aromatic N) is 3. The fraction of sp³-hybridized carbons (Fsp3) is 0.483. The van der Waals surface area contributed by atoms with E-state index in [9.17, 15) is 31.9 Å². The molecule has 1 saturated carbocycles. The Bertz CT molecular complexity index is 1520. The Morgan fingerprint density at radius 1 is 1.09 bits per heavy atom. The van der Waals surface area contributed by atoms with E-state index in [0.717, 1.165) is 0 Å². The van der Waals surface area contributed by atoms with Crippen LogP contribution in [0.1, 0.15) is 80.2 Å². The highest BCUT2D eigenvalue weighted by Gasteiger charge is 2.44. The van der Waals surface area contributed by atoms with Gasteiger partial charge in [-0.2, -0.15) is 18.3 Å². The molecule has 0 saturated heterocycles. The van der Waals surface area contributed by atoms with Gasteiger partial charge in [-0.3, -0.25) is 4.79 Å². The number of rotatable bonds is 7. The van der Waals surface area contributed by atoms with E-state index in [4.69, 9.17) is 9.47 Å². The first-order valence-electron chi connectivity index (χ1n) is 14.0. The molecule has 6 rings (SSSR count). The molecule has 0 bridgehead atoms. The molecule has 0 unspecified atom stereocenters. The van der Waals surface area contributed by atoms with E-state index in [1.54, 1.807) is 6.92 Å². The Hall–Kier alpha value is -3.94. The van der Waals surface area contributed by atoms with Crippen molar-refractivity contribution < 1.29 is 50.8 Å². The predicted octanol–water partition coefficient (Wildman–Crippen LogP) is 6.79. The Morgan fingerprint density at radius 3 is 2.56 bits per heavy atom. The monoisotopic (exact) mass is 609 g/mol. The van der Waals surface area contributed by atoms with Crippen molar-refractivity contribution in [3.8, 4) is 23.1 Å². The van der Waals surface area contributed by atoms with Gasteiger partial charge in [0, 0.05) is 17.8 Å². The molecule has 1 aliphatic heterocycles. The van der Waals surface area contributed by atoms with E-state index < -0.39 is 42.3 Å². The summed E-state index contributed by atoms with van der Waals surface area (Å²) in [5.74, 6) is -1.48. The van der Waals surface area contributed by atoms with Gasteiger partial charge in [0.1, 0.15) is 12.2 Å². The van der Waals surface area contributed by atoms with Gasteiger partial charge in [-0.25, -0.2) is 9.67 Å². The lowest BCUT2D eigenvalue weighted by atomic mass is 9.87. The number of aliphatic carboxylic acids is 1. The third-order valence-corrected chi connectivity index (χ3v) is 8.03. The molecular weight excluding hydrogens is 581 g/mol. The largest absolute Gasteiger partial charge is 0.586 e. The van der Waals surface area contributed by atoms with Crippen LogP contribution in [0.2, 0.25) is 0 Å². The summed E-state index contributed by atoms with van der Waals surface area (Å²) in [6.45, 7) is 1.66. The third kappa shape index (κ3) is 5.97. The van der Waals surface area contributed by atoms with Gasteiger partial charge in [0.2, 0.25) is 5.88 Å². The van der Waals surface area contributed by atoms with Crippen LogP contribution < -0.4 is 14.2 Å². The molecule has 1 fully saturated rings. The smallest absolute Gasteiger partial charge is 0.481 e. The first-order chi connectivity index (χ1) is 20.4. The molecule has 2 aromatic heterocycles. The minimum absolute atomic E-state index is 0.0751. The number of pyridine rings is 1. The molecule has 3 heterocycles. The number of hydrogen-bond acceptors (Lipinski definition) is 7. The van der Waals surface area contributed by atoms with E-state index in [2.05, 4.69) is 19.6 Å². The molecule has 2 aliphatic carbocycles. The number of halogens is 5. The average Bonchev–Trinajstić information content (AvgIpc) is 3.50. The van der Waals surface area contributed by atoms with Crippen molar-refractivity contribution in [3.05, 3.63) is 59.0 Å². The van der Waals surface area contributed by atoms with E-state index in [-0.39, 0.29) is 41.2 Å². The van der Waals surface area contributed by atoms with E-state index in [0.29, 0.717) is 49.8 Å². The van der Waals surface area contributed by atoms with Crippen LogP contribution in [0.15, 0.2) is 36.5 Å². The number of alkyl halides is 5. The van der Waals surface area contributed by atoms with Gasteiger partial charge >= 0.3 is 18.4 Å². The summed E-state index contributed by atoms with van der Waals surface area (Å²) in [5.41, 5.74) is 0.164. The first kappa shape index (κ1) is 29.1. The van der Waals surface area contributed by atoms with Crippen molar-refractivity contribution in [2.75, 3.05) is 0 Å². The number of carboxylic acids is 1. The van der Waals surface area contributed by atoms with Gasteiger partial charge in [-0.15, -0.1) is 8.78 Å². The highest BCUT2D eigenvalue weighted by atomic mass is 19.4. The molecule has 0 radical (unpaired) electrons. The highest BCUT2D eigenvalue weighted by Crippen LogP contribution is 2.44. The van der Waals surface area contributed by atoms with Crippen LogP contribution in [0, 0.1) is 5.92 Å². The molecule has 3 aliphatic rings. The summed E-state index contributed by atoms with van der Waals surface area (Å²) in [6, 6.07) is 7.18. The summed E-state index contributed by atoms with van der Waals surface area (Å²) < 4.78 is 91.6. The van der Waals surface area contributed by atoms with Crippen molar-refractivity contribution in [2.24, 2.45) is 5.92 Å². The Kier molecular flexibility index (Phi) is 7.43. The third-order valence-electron chi connectivity index (χ3n) is 8.03. The number of hydrogen-bond donors (Lipinski definition) is 1. The number of benzene rings is 1. The molecule has 9 nitrogen and oxygen atoms in total. The normalized spacial score (nSPS) is 23.4. The van der Waals surface area contributed by atoms with Crippen LogP contribution in [0.5, 0.6) is 17.4 Å². The van der Waals surface area contributed by atoms with Crippen LogP contribution in [0.3, 0.4) is 0 Å². The molecule has 230 valence electrons. The molecule has 1 N–H and O–H groups in total. The fourth-order valence-electron chi connectivity index (χ4n) is 5.94. The van der Waals surface area contributed by atoms with Gasteiger partial charge in [-0.05, 0) is 75.6 Å². The first-order valence-corrected chi connectivity index (χ1v) is 14.0. The molecule has 14 heteroatoms. The maximum atomic E-state index is 14.1. The van der Waals surface area contributed by atoms with Crippen LogP contribution in [0.4, 0.5) is 22.0 Å². The van der Waals surface area contributed by atoms with Gasteiger partial charge in [-0.1, -0.05) is 6.07 Å². The zero-order chi connectivity index (χ0) is 30.5. The summed E-state index contributed by atoms with van der Waals surface area (Å²) in [5, 5.41) is 13.3. The molecular formula is C29H28F5N3O6. The molecule has 0 amide bonds. The Balaban J connectivity index is 1.27. The highest BCUT2D eigenvalue weighted by molar-refractivity contribution is 5.70. The second kappa shape index (κ2) is 11.0. The molecule has 1 aromatic carbocycles. The van der Waals surface area contributed by atoms with Crippen LogP contribution in [-0.2, 0) is 22.1 Å². The molecule has 43 heavy (non-hydrogen) atoms. The van der Waals surface area contributed by atoms with Crippen LogP contribution >= 0.6 is 0 Å². The second-order valence-electron chi connectivity index (χ2n) is 10.9. The summed E-state index contributed by atoms with van der Waals surface area (Å²) >= 11 is 0. The minimum Gasteiger partial charge on any atom is -0.481 e.